The van der Waals surface area contributed by atoms with Gasteiger partial charge in [-0.05, 0) is 43.3 Å². The van der Waals surface area contributed by atoms with Crippen molar-refractivity contribution < 1.29 is 9.26 Å². The first-order valence-corrected chi connectivity index (χ1v) is 7.19. The number of aromatic nitrogens is 3. The molecule has 0 aliphatic rings. The average molecular weight is 346 g/mol. The van der Waals surface area contributed by atoms with Crippen LogP contribution in [-0.4, -0.2) is 15.1 Å². The summed E-state index contributed by atoms with van der Waals surface area (Å²) in [6.45, 7) is 1.86. The van der Waals surface area contributed by atoms with Crippen molar-refractivity contribution >= 4 is 15.9 Å². The zero-order valence-corrected chi connectivity index (χ0v) is 12.8. The minimum absolute atomic E-state index is 0.337. The summed E-state index contributed by atoms with van der Waals surface area (Å²) in [7, 11) is 0. The maximum atomic E-state index is 5.77. The van der Waals surface area contributed by atoms with Crippen molar-refractivity contribution in [1.82, 2.24) is 15.1 Å². The molecule has 0 amide bonds. The van der Waals surface area contributed by atoms with E-state index in [1.54, 1.807) is 6.20 Å². The molecule has 0 saturated carbocycles. The Balaban J connectivity index is 1.75. The van der Waals surface area contributed by atoms with Gasteiger partial charge in [-0.15, -0.1) is 0 Å². The first-order chi connectivity index (χ1) is 10.2. The summed E-state index contributed by atoms with van der Waals surface area (Å²) >= 11 is 3.38. The number of pyridine rings is 1. The van der Waals surface area contributed by atoms with Gasteiger partial charge >= 0.3 is 0 Å². The van der Waals surface area contributed by atoms with Gasteiger partial charge in [-0.3, -0.25) is 4.98 Å². The molecule has 3 aromatic rings. The van der Waals surface area contributed by atoms with E-state index in [1.165, 1.54) is 0 Å². The van der Waals surface area contributed by atoms with Crippen LogP contribution in [-0.2, 0) is 0 Å². The lowest BCUT2D eigenvalue weighted by molar-refractivity contribution is 0.176. The predicted molar refractivity (Wildman–Crippen MR) is 80.7 cm³/mol. The molecular formula is C15H12BrN3O2. The van der Waals surface area contributed by atoms with Crippen LogP contribution in [0.3, 0.4) is 0 Å². The average Bonchev–Trinajstić information content (AvgIpc) is 3.00. The number of hydrogen-bond acceptors (Lipinski definition) is 5. The molecule has 3 rings (SSSR count). The van der Waals surface area contributed by atoms with Crippen LogP contribution < -0.4 is 4.74 Å². The fraction of sp³-hybridized carbons (Fsp3) is 0.133. The number of hydrogen-bond donors (Lipinski definition) is 0. The van der Waals surface area contributed by atoms with Crippen LogP contribution in [0.25, 0.3) is 11.5 Å². The fourth-order valence-electron chi connectivity index (χ4n) is 1.77. The van der Waals surface area contributed by atoms with E-state index in [0.29, 0.717) is 17.4 Å². The molecule has 6 heteroatoms. The molecule has 0 bridgehead atoms. The van der Waals surface area contributed by atoms with E-state index in [0.717, 1.165) is 10.2 Å². The minimum atomic E-state index is -0.337. The summed E-state index contributed by atoms with van der Waals surface area (Å²) < 4.78 is 12.0. The Labute approximate surface area is 130 Å². The molecule has 0 aliphatic heterocycles. The Kier molecular flexibility index (Phi) is 3.96. The lowest BCUT2D eigenvalue weighted by Crippen LogP contribution is -2.03. The third kappa shape index (κ3) is 3.28. The number of rotatable bonds is 4. The standard InChI is InChI=1S/C15H12BrN3O2/c1-10(20-12-7-5-11(16)6-8-12)15-18-14(19-21-15)13-4-2-3-9-17-13/h2-10H,1H3/t10-/m1/s1. The molecule has 0 radical (unpaired) electrons. The summed E-state index contributed by atoms with van der Waals surface area (Å²) in [5.41, 5.74) is 0.670. The van der Waals surface area contributed by atoms with Gasteiger partial charge in [0.1, 0.15) is 11.4 Å². The molecule has 2 heterocycles. The summed E-state index contributed by atoms with van der Waals surface area (Å²) in [6, 6.07) is 13.1. The Bertz CT molecular complexity index is 713. The van der Waals surface area contributed by atoms with E-state index < -0.39 is 0 Å². The van der Waals surface area contributed by atoms with Crippen molar-refractivity contribution in [2.45, 2.75) is 13.0 Å². The summed E-state index contributed by atoms with van der Waals surface area (Å²) in [4.78, 5) is 8.50. The van der Waals surface area contributed by atoms with Crippen molar-refractivity contribution in [3.8, 4) is 17.3 Å². The maximum absolute atomic E-state index is 5.77. The highest BCUT2D eigenvalue weighted by atomic mass is 79.9. The Hall–Kier alpha value is -2.21. The van der Waals surface area contributed by atoms with Gasteiger partial charge in [0.2, 0.25) is 5.82 Å². The van der Waals surface area contributed by atoms with Gasteiger partial charge in [0, 0.05) is 10.7 Å². The Morgan fingerprint density at radius 2 is 1.95 bits per heavy atom. The predicted octanol–water partition coefficient (Wildman–Crippen LogP) is 4.03. The highest BCUT2D eigenvalue weighted by molar-refractivity contribution is 9.10. The molecule has 0 spiro atoms. The minimum Gasteiger partial charge on any atom is -0.481 e. The van der Waals surface area contributed by atoms with Crippen LogP contribution in [0.5, 0.6) is 5.75 Å². The van der Waals surface area contributed by atoms with E-state index in [4.69, 9.17) is 9.26 Å². The molecule has 0 saturated heterocycles. The molecule has 2 aromatic heterocycles. The number of nitrogens with zero attached hydrogens (tertiary/aromatic N) is 3. The molecule has 5 nitrogen and oxygen atoms in total. The van der Waals surface area contributed by atoms with Gasteiger partial charge in [-0.25, -0.2) is 0 Å². The molecule has 0 fully saturated rings. The fourth-order valence-corrected chi connectivity index (χ4v) is 2.03. The summed E-state index contributed by atoms with van der Waals surface area (Å²) in [6.07, 6.45) is 1.35. The van der Waals surface area contributed by atoms with Gasteiger partial charge < -0.3 is 9.26 Å². The first-order valence-electron chi connectivity index (χ1n) is 6.39. The van der Waals surface area contributed by atoms with Crippen LogP contribution in [0.4, 0.5) is 0 Å². The zero-order chi connectivity index (χ0) is 14.7. The van der Waals surface area contributed by atoms with E-state index >= 15 is 0 Å². The van der Waals surface area contributed by atoms with Gasteiger partial charge in [0.05, 0.1) is 0 Å². The van der Waals surface area contributed by atoms with Gasteiger partial charge in [0.25, 0.3) is 5.89 Å². The van der Waals surface area contributed by atoms with Crippen molar-refractivity contribution in [3.05, 3.63) is 59.0 Å². The van der Waals surface area contributed by atoms with E-state index in [9.17, 15) is 0 Å². The first kappa shape index (κ1) is 13.8. The topological polar surface area (TPSA) is 61.0 Å². The number of ether oxygens (including phenoxy) is 1. The SMILES string of the molecule is C[C@@H](Oc1ccc(Br)cc1)c1nc(-c2ccccn2)no1. The highest BCUT2D eigenvalue weighted by Gasteiger charge is 2.17. The van der Waals surface area contributed by atoms with E-state index in [1.807, 2.05) is 49.4 Å². The third-order valence-corrected chi connectivity index (χ3v) is 3.34. The number of halogens is 1. The van der Waals surface area contributed by atoms with Gasteiger partial charge in [0.15, 0.2) is 6.10 Å². The monoisotopic (exact) mass is 345 g/mol. The van der Waals surface area contributed by atoms with Crippen molar-refractivity contribution in [2.75, 3.05) is 0 Å². The smallest absolute Gasteiger partial charge is 0.267 e. The van der Waals surface area contributed by atoms with Crippen molar-refractivity contribution in [1.29, 1.82) is 0 Å². The van der Waals surface area contributed by atoms with Gasteiger partial charge in [-0.1, -0.05) is 27.2 Å². The third-order valence-electron chi connectivity index (χ3n) is 2.81. The van der Waals surface area contributed by atoms with Crippen LogP contribution in [0.1, 0.15) is 18.9 Å². The van der Waals surface area contributed by atoms with Crippen molar-refractivity contribution in [3.63, 3.8) is 0 Å². The van der Waals surface area contributed by atoms with Crippen molar-refractivity contribution in [2.24, 2.45) is 0 Å². The summed E-state index contributed by atoms with van der Waals surface area (Å²) in [5, 5.41) is 3.93. The lowest BCUT2D eigenvalue weighted by Gasteiger charge is -2.10. The highest BCUT2D eigenvalue weighted by Crippen LogP contribution is 2.23. The summed E-state index contributed by atoms with van der Waals surface area (Å²) in [5.74, 6) is 1.61. The Morgan fingerprint density at radius 3 is 2.67 bits per heavy atom. The molecule has 1 aromatic carbocycles. The second-order valence-electron chi connectivity index (χ2n) is 4.39. The van der Waals surface area contributed by atoms with Gasteiger partial charge in [-0.2, -0.15) is 4.98 Å². The Morgan fingerprint density at radius 1 is 1.14 bits per heavy atom. The molecule has 106 valence electrons. The molecule has 0 aliphatic carbocycles. The van der Waals surface area contributed by atoms with E-state index in [2.05, 4.69) is 31.1 Å². The molecule has 0 N–H and O–H groups in total. The normalized spacial score (nSPS) is 12.1. The quantitative estimate of drug-likeness (QED) is 0.714. The molecular weight excluding hydrogens is 334 g/mol. The van der Waals surface area contributed by atoms with Crippen LogP contribution >= 0.6 is 15.9 Å². The molecule has 21 heavy (non-hydrogen) atoms. The van der Waals surface area contributed by atoms with Crippen LogP contribution in [0, 0.1) is 0 Å². The van der Waals surface area contributed by atoms with E-state index in [-0.39, 0.29) is 6.10 Å². The zero-order valence-electron chi connectivity index (χ0n) is 11.2. The second-order valence-corrected chi connectivity index (χ2v) is 5.30. The largest absolute Gasteiger partial charge is 0.481 e. The lowest BCUT2D eigenvalue weighted by atomic mass is 10.3. The van der Waals surface area contributed by atoms with Crippen LogP contribution in [0.2, 0.25) is 0 Å². The van der Waals surface area contributed by atoms with Crippen LogP contribution in [0.15, 0.2) is 57.7 Å². The molecule has 0 unspecified atom stereocenters. The molecule has 1 atom stereocenters. The maximum Gasteiger partial charge on any atom is 0.267 e. The second kappa shape index (κ2) is 6.05. The number of benzene rings is 1.